The van der Waals surface area contributed by atoms with Crippen LogP contribution in [0.1, 0.15) is 73.8 Å². The van der Waals surface area contributed by atoms with Gasteiger partial charge in [-0.1, -0.05) is 37.3 Å². The van der Waals surface area contributed by atoms with Gasteiger partial charge in [0.25, 0.3) is 0 Å². The lowest BCUT2D eigenvalue weighted by Crippen LogP contribution is -2.42. The average molecular weight is 557 g/mol. The zero-order valence-electron chi connectivity index (χ0n) is 25.7. The Morgan fingerprint density at radius 1 is 0.825 bits per heavy atom. The van der Waals surface area contributed by atoms with E-state index in [4.69, 9.17) is 23.7 Å². The maximum Gasteiger partial charge on any atom is 0.309 e. The van der Waals surface area contributed by atoms with Crippen LogP contribution in [0, 0.1) is 11.8 Å². The highest BCUT2D eigenvalue weighted by Crippen LogP contribution is 2.28. The maximum atomic E-state index is 13.1. The molecule has 0 spiro atoms. The van der Waals surface area contributed by atoms with Gasteiger partial charge >= 0.3 is 11.9 Å². The lowest BCUT2D eigenvalue weighted by Gasteiger charge is -2.33. The second-order valence-corrected chi connectivity index (χ2v) is 12.3. The number of hydrogen-bond acceptors (Lipinski definition) is 7. The zero-order chi connectivity index (χ0) is 29.9. The third-order valence-electron chi connectivity index (χ3n) is 6.22. The van der Waals surface area contributed by atoms with Crippen LogP contribution < -0.4 is 9.47 Å². The molecule has 4 atom stereocenters. The molecule has 0 saturated carbocycles. The molecule has 222 valence electrons. The molecular formula is C33H48O7. The van der Waals surface area contributed by atoms with Crippen molar-refractivity contribution in [2.45, 2.75) is 98.1 Å². The molecular weight excluding hydrogens is 508 g/mol. The van der Waals surface area contributed by atoms with E-state index in [0.29, 0.717) is 25.2 Å². The summed E-state index contributed by atoms with van der Waals surface area (Å²) in [6.07, 6.45) is 0.264. The highest BCUT2D eigenvalue weighted by molar-refractivity contribution is 5.79. The number of ether oxygens (including phenoxy) is 5. The van der Waals surface area contributed by atoms with Crippen molar-refractivity contribution in [1.29, 1.82) is 0 Å². The molecule has 0 bridgehead atoms. The highest BCUT2D eigenvalue weighted by atomic mass is 16.6. The number of rotatable bonds is 14. The molecule has 0 aliphatic carbocycles. The van der Waals surface area contributed by atoms with Crippen molar-refractivity contribution in [1.82, 2.24) is 0 Å². The van der Waals surface area contributed by atoms with Gasteiger partial charge in [-0.2, -0.15) is 0 Å². The number of carbonyl (C=O) groups is 2. The fourth-order valence-electron chi connectivity index (χ4n) is 4.28. The fourth-order valence-corrected chi connectivity index (χ4v) is 4.28. The Kier molecular flexibility index (Phi) is 12.5. The number of esters is 2. The van der Waals surface area contributed by atoms with Gasteiger partial charge in [0.1, 0.15) is 29.3 Å². The Morgan fingerprint density at radius 3 is 2.00 bits per heavy atom. The summed E-state index contributed by atoms with van der Waals surface area (Å²) in [6.45, 7) is 15.5. The van der Waals surface area contributed by atoms with Crippen LogP contribution in [-0.4, -0.2) is 49.1 Å². The van der Waals surface area contributed by atoms with Crippen molar-refractivity contribution in [3.63, 3.8) is 0 Å². The van der Waals surface area contributed by atoms with Crippen LogP contribution in [0.2, 0.25) is 0 Å². The van der Waals surface area contributed by atoms with Crippen LogP contribution in [0.3, 0.4) is 0 Å². The van der Waals surface area contributed by atoms with Crippen molar-refractivity contribution in [3.8, 4) is 11.5 Å². The molecule has 0 amide bonds. The molecule has 2 rings (SSSR count). The van der Waals surface area contributed by atoms with Gasteiger partial charge in [-0.25, -0.2) is 0 Å². The third-order valence-corrected chi connectivity index (χ3v) is 6.22. The van der Waals surface area contributed by atoms with E-state index < -0.39 is 35.7 Å². The van der Waals surface area contributed by atoms with Gasteiger partial charge in [-0.05, 0) is 91.1 Å². The first-order valence-electron chi connectivity index (χ1n) is 14.1. The molecule has 7 heteroatoms. The summed E-state index contributed by atoms with van der Waals surface area (Å²) in [5.41, 5.74) is 0.210. The summed E-state index contributed by atoms with van der Waals surface area (Å²) >= 11 is 0. The topological polar surface area (TPSA) is 80.3 Å². The van der Waals surface area contributed by atoms with E-state index in [1.165, 1.54) is 0 Å². The first-order valence-corrected chi connectivity index (χ1v) is 14.1. The van der Waals surface area contributed by atoms with Gasteiger partial charge in [-0.3, -0.25) is 9.59 Å². The van der Waals surface area contributed by atoms with Crippen molar-refractivity contribution in [3.05, 3.63) is 60.2 Å². The van der Waals surface area contributed by atoms with Crippen LogP contribution >= 0.6 is 0 Å². The van der Waals surface area contributed by atoms with E-state index in [0.717, 1.165) is 11.3 Å². The van der Waals surface area contributed by atoms with Crippen molar-refractivity contribution >= 4 is 11.9 Å². The Morgan fingerprint density at radius 2 is 1.45 bits per heavy atom. The molecule has 0 aliphatic rings. The maximum absolute atomic E-state index is 13.1. The van der Waals surface area contributed by atoms with Gasteiger partial charge in [0.15, 0.2) is 0 Å². The zero-order valence-corrected chi connectivity index (χ0v) is 25.7. The summed E-state index contributed by atoms with van der Waals surface area (Å²) < 4.78 is 29.3. The molecule has 0 aromatic heterocycles. The van der Waals surface area contributed by atoms with E-state index in [-0.39, 0.29) is 17.9 Å². The molecule has 0 aliphatic heterocycles. The minimum Gasteiger partial charge on any atom is -0.497 e. The average Bonchev–Trinajstić information content (AvgIpc) is 2.85. The van der Waals surface area contributed by atoms with Crippen LogP contribution in [-0.2, 0) is 30.2 Å². The van der Waals surface area contributed by atoms with Gasteiger partial charge in [0, 0.05) is 12.5 Å². The molecule has 0 unspecified atom stereocenters. The summed E-state index contributed by atoms with van der Waals surface area (Å²) in [4.78, 5) is 25.4. The van der Waals surface area contributed by atoms with Gasteiger partial charge < -0.3 is 23.7 Å². The van der Waals surface area contributed by atoms with E-state index in [1.54, 1.807) is 34.8 Å². The van der Waals surface area contributed by atoms with E-state index in [9.17, 15) is 9.59 Å². The quantitative estimate of drug-likeness (QED) is 0.237. The van der Waals surface area contributed by atoms with Gasteiger partial charge in [0.05, 0.1) is 25.0 Å². The van der Waals surface area contributed by atoms with Crippen LogP contribution in [0.15, 0.2) is 54.6 Å². The van der Waals surface area contributed by atoms with Crippen LogP contribution in [0.4, 0.5) is 0 Å². The predicted octanol–water partition coefficient (Wildman–Crippen LogP) is 6.81. The number of para-hydroxylation sites is 1. The van der Waals surface area contributed by atoms with E-state index in [2.05, 4.69) is 0 Å². The van der Waals surface area contributed by atoms with Gasteiger partial charge in [0.2, 0.25) is 0 Å². The predicted molar refractivity (Wildman–Crippen MR) is 157 cm³/mol. The third kappa shape index (κ3) is 12.4. The Bertz CT molecular complexity index is 1040. The fraction of sp³-hybridized carbons (Fsp3) is 0.576. The molecule has 7 nitrogen and oxygen atoms in total. The molecule has 0 heterocycles. The first kappa shape index (κ1) is 33.1. The second kappa shape index (κ2) is 15.1. The van der Waals surface area contributed by atoms with Crippen LogP contribution in [0.25, 0.3) is 0 Å². The van der Waals surface area contributed by atoms with Crippen LogP contribution in [0.5, 0.6) is 11.5 Å². The number of benzene rings is 2. The molecule has 2 aromatic carbocycles. The summed E-state index contributed by atoms with van der Waals surface area (Å²) in [5.74, 6) is -0.116. The molecule has 0 fully saturated rings. The van der Waals surface area contributed by atoms with Crippen molar-refractivity contribution in [2.75, 3.05) is 13.7 Å². The summed E-state index contributed by atoms with van der Waals surface area (Å²) in [7, 11) is 1.64. The number of hydrogen-bond donors (Lipinski definition) is 0. The lowest BCUT2D eigenvalue weighted by molar-refractivity contribution is -0.166. The minimum atomic E-state index is -0.654. The molecule has 0 saturated heterocycles. The standard InChI is InChI=1S/C33H48O7/c1-23(21-29(34)40-33(6,7)8)31(35)38-24(2)30(39-28-13-11-10-12-14-28)26(19-20-37-32(3,4)5)22-25-15-17-27(36-9)18-16-25/h10-18,23-24,26,30H,19-22H2,1-9H3/t23-,24+,26-,30+/m1/s1. The summed E-state index contributed by atoms with van der Waals surface area (Å²) in [6, 6.07) is 17.5. The molecule has 40 heavy (non-hydrogen) atoms. The number of carbonyl (C=O) groups excluding carboxylic acids is 2. The largest absolute Gasteiger partial charge is 0.497 e. The molecule has 2 aromatic rings. The monoisotopic (exact) mass is 556 g/mol. The molecule has 0 radical (unpaired) electrons. The van der Waals surface area contributed by atoms with Crippen molar-refractivity contribution < 1.29 is 33.3 Å². The lowest BCUT2D eigenvalue weighted by atomic mass is 9.88. The van der Waals surface area contributed by atoms with Gasteiger partial charge in [-0.15, -0.1) is 0 Å². The Hall–Kier alpha value is -3.06. The van der Waals surface area contributed by atoms with E-state index in [1.807, 2.05) is 82.3 Å². The van der Waals surface area contributed by atoms with E-state index >= 15 is 0 Å². The Balaban J connectivity index is 2.28. The van der Waals surface area contributed by atoms with Crippen molar-refractivity contribution in [2.24, 2.45) is 11.8 Å². The number of methoxy groups -OCH3 is 1. The Labute approximate surface area is 240 Å². The first-order chi connectivity index (χ1) is 18.7. The second-order valence-electron chi connectivity index (χ2n) is 12.3. The highest BCUT2D eigenvalue weighted by Gasteiger charge is 2.34. The molecule has 0 N–H and O–H groups in total. The SMILES string of the molecule is COc1ccc(C[C@@H](CCOC(C)(C)C)[C@@H](Oc2ccccc2)[C@H](C)OC(=O)[C@H](C)CC(=O)OC(C)(C)C)cc1. The smallest absolute Gasteiger partial charge is 0.309 e. The normalized spacial score (nSPS) is 14.9. The summed E-state index contributed by atoms with van der Waals surface area (Å²) in [5, 5.41) is 0. The minimum absolute atomic E-state index is 0.0417.